The highest BCUT2D eigenvalue weighted by molar-refractivity contribution is 5.85. The van der Waals surface area contributed by atoms with Crippen LogP contribution in [0.2, 0.25) is 0 Å². The van der Waals surface area contributed by atoms with Gasteiger partial charge >= 0.3 is 0 Å². The quantitative estimate of drug-likeness (QED) is 0.900. The van der Waals surface area contributed by atoms with E-state index in [4.69, 9.17) is 0 Å². The summed E-state index contributed by atoms with van der Waals surface area (Å²) in [4.78, 5) is 17.1. The third-order valence-electron chi connectivity index (χ3n) is 4.93. The van der Waals surface area contributed by atoms with Crippen LogP contribution in [0.25, 0.3) is 0 Å². The molecule has 1 N–H and O–H groups in total. The molecule has 2 aliphatic heterocycles. The number of piperidine rings is 1. The van der Waals surface area contributed by atoms with E-state index in [0.717, 1.165) is 45.6 Å². The second-order valence-electron chi connectivity index (χ2n) is 6.73. The minimum absolute atomic E-state index is 0. The summed E-state index contributed by atoms with van der Waals surface area (Å²) in [7, 11) is 0. The third-order valence-corrected chi connectivity index (χ3v) is 4.93. The molecule has 0 radical (unpaired) electrons. The maximum absolute atomic E-state index is 12.7. The normalized spacial score (nSPS) is 25.0. The van der Waals surface area contributed by atoms with E-state index < -0.39 is 0 Å². The van der Waals surface area contributed by atoms with Gasteiger partial charge in [-0.15, -0.1) is 12.4 Å². The standard InChI is InChI=1S/C18H27N3O.ClH/c1-14-4-3-5-17(12-14)20-8-10-21(11-9-20)18(22)16-6-7-19-15(2)13-16;/h3-5,12,15-16,19H,6-11,13H2,1-2H3;1H/t15-,16-;/m0./s1. The van der Waals surface area contributed by atoms with Crippen molar-refractivity contribution in [3.05, 3.63) is 29.8 Å². The van der Waals surface area contributed by atoms with Gasteiger partial charge in [0, 0.05) is 43.8 Å². The monoisotopic (exact) mass is 337 g/mol. The van der Waals surface area contributed by atoms with E-state index in [0.29, 0.717) is 11.9 Å². The van der Waals surface area contributed by atoms with Gasteiger partial charge in [-0.3, -0.25) is 4.79 Å². The van der Waals surface area contributed by atoms with Gasteiger partial charge in [-0.05, 0) is 50.9 Å². The number of nitrogens with zero attached hydrogens (tertiary/aromatic N) is 2. The predicted octanol–water partition coefficient (Wildman–Crippen LogP) is 2.45. The molecule has 1 aromatic rings. The Hall–Kier alpha value is -1.26. The largest absolute Gasteiger partial charge is 0.368 e. The number of nitrogens with one attached hydrogen (secondary N) is 1. The summed E-state index contributed by atoms with van der Waals surface area (Å²) in [6.45, 7) is 8.86. The van der Waals surface area contributed by atoms with E-state index in [1.165, 1.54) is 11.3 Å². The zero-order valence-corrected chi connectivity index (χ0v) is 14.9. The molecule has 0 bridgehead atoms. The van der Waals surface area contributed by atoms with Crippen molar-refractivity contribution in [3.63, 3.8) is 0 Å². The van der Waals surface area contributed by atoms with Gasteiger partial charge in [0.25, 0.3) is 0 Å². The van der Waals surface area contributed by atoms with Gasteiger partial charge < -0.3 is 15.1 Å². The van der Waals surface area contributed by atoms with E-state index in [1.54, 1.807) is 0 Å². The molecule has 1 amide bonds. The van der Waals surface area contributed by atoms with Crippen molar-refractivity contribution in [1.82, 2.24) is 10.2 Å². The number of piperazine rings is 1. The number of aryl methyl sites for hydroxylation is 1. The SMILES string of the molecule is Cc1cccc(N2CCN(C(=O)[C@H]3CCN[C@@H](C)C3)CC2)c1.Cl. The fraction of sp³-hybridized carbons (Fsp3) is 0.611. The van der Waals surface area contributed by atoms with E-state index in [-0.39, 0.29) is 18.3 Å². The highest BCUT2D eigenvalue weighted by atomic mass is 35.5. The molecule has 128 valence electrons. The van der Waals surface area contributed by atoms with Gasteiger partial charge in [-0.25, -0.2) is 0 Å². The fourth-order valence-electron chi connectivity index (χ4n) is 3.62. The molecule has 4 nitrogen and oxygen atoms in total. The van der Waals surface area contributed by atoms with E-state index in [1.807, 2.05) is 0 Å². The average Bonchev–Trinajstić information content (AvgIpc) is 2.54. The minimum atomic E-state index is 0. The number of rotatable bonds is 2. The van der Waals surface area contributed by atoms with Crippen molar-refractivity contribution in [2.75, 3.05) is 37.6 Å². The molecule has 0 spiro atoms. The molecule has 2 fully saturated rings. The Balaban J connectivity index is 0.00000192. The van der Waals surface area contributed by atoms with Crippen LogP contribution in [0.5, 0.6) is 0 Å². The molecule has 0 aliphatic carbocycles. The Morgan fingerprint density at radius 2 is 1.96 bits per heavy atom. The number of benzene rings is 1. The summed E-state index contributed by atoms with van der Waals surface area (Å²) in [5, 5.41) is 3.42. The van der Waals surface area contributed by atoms with Crippen molar-refractivity contribution in [3.8, 4) is 0 Å². The van der Waals surface area contributed by atoms with E-state index >= 15 is 0 Å². The Kier molecular flexibility index (Phi) is 6.31. The first-order valence-electron chi connectivity index (χ1n) is 8.47. The Morgan fingerprint density at radius 3 is 2.61 bits per heavy atom. The molecule has 23 heavy (non-hydrogen) atoms. The molecule has 0 saturated carbocycles. The van der Waals surface area contributed by atoms with Gasteiger partial charge in [0.2, 0.25) is 5.91 Å². The number of carbonyl (C=O) groups is 1. The summed E-state index contributed by atoms with van der Waals surface area (Å²) in [5.41, 5.74) is 2.57. The van der Waals surface area contributed by atoms with Gasteiger partial charge in [-0.1, -0.05) is 12.1 Å². The van der Waals surface area contributed by atoms with Crippen LogP contribution in [-0.2, 0) is 4.79 Å². The van der Waals surface area contributed by atoms with Crippen LogP contribution in [0.1, 0.15) is 25.3 Å². The van der Waals surface area contributed by atoms with Crippen molar-refractivity contribution in [2.24, 2.45) is 5.92 Å². The van der Waals surface area contributed by atoms with Gasteiger partial charge in [0.15, 0.2) is 0 Å². The molecule has 0 unspecified atom stereocenters. The zero-order valence-electron chi connectivity index (χ0n) is 14.1. The van der Waals surface area contributed by atoms with Crippen LogP contribution in [0.4, 0.5) is 5.69 Å². The average molecular weight is 338 g/mol. The van der Waals surface area contributed by atoms with Gasteiger partial charge in [-0.2, -0.15) is 0 Å². The summed E-state index contributed by atoms with van der Waals surface area (Å²) < 4.78 is 0. The fourth-order valence-corrected chi connectivity index (χ4v) is 3.62. The lowest BCUT2D eigenvalue weighted by Gasteiger charge is -2.39. The first-order chi connectivity index (χ1) is 10.6. The van der Waals surface area contributed by atoms with Crippen LogP contribution in [0.3, 0.4) is 0 Å². The minimum Gasteiger partial charge on any atom is -0.368 e. The van der Waals surface area contributed by atoms with Crippen LogP contribution in [0.15, 0.2) is 24.3 Å². The van der Waals surface area contributed by atoms with Crippen LogP contribution < -0.4 is 10.2 Å². The van der Waals surface area contributed by atoms with Gasteiger partial charge in [0.05, 0.1) is 0 Å². The lowest BCUT2D eigenvalue weighted by molar-refractivity contribution is -0.137. The Labute approximate surface area is 145 Å². The highest BCUT2D eigenvalue weighted by Gasteiger charge is 2.30. The van der Waals surface area contributed by atoms with Crippen molar-refractivity contribution in [1.29, 1.82) is 0 Å². The first kappa shape index (κ1) is 18.1. The molecular formula is C18H28ClN3O. The van der Waals surface area contributed by atoms with E-state index in [2.05, 4.69) is 53.2 Å². The molecular weight excluding hydrogens is 310 g/mol. The van der Waals surface area contributed by atoms with Crippen molar-refractivity contribution < 1.29 is 4.79 Å². The number of carbonyl (C=O) groups excluding carboxylic acids is 1. The predicted molar refractivity (Wildman–Crippen MR) is 97.4 cm³/mol. The van der Waals surface area contributed by atoms with Crippen molar-refractivity contribution >= 4 is 24.0 Å². The third kappa shape index (κ3) is 4.39. The van der Waals surface area contributed by atoms with Crippen molar-refractivity contribution in [2.45, 2.75) is 32.7 Å². The maximum Gasteiger partial charge on any atom is 0.225 e. The first-order valence-corrected chi connectivity index (χ1v) is 8.47. The summed E-state index contributed by atoms with van der Waals surface area (Å²) >= 11 is 0. The Morgan fingerprint density at radius 1 is 1.22 bits per heavy atom. The topological polar surface area (TPSA) is 35.6 Å². The summed E-state index contributed by atoms with van der Waals surface area (Å²) in [6.07, 6.45) is 1.97. The Bertz CT molecular complexity index is 529. The molecule has 2 saturated heterocycles. The molecule has 2 atom stereocenters. The molecule has 2 aliphatic rings. The van der Waals surface area contributed by atoms with Gasteiger partial charge in [0.1, 0.15) is 0 Å². The smallest absolute Gasteiger partial charge is 0.225 e. The summed E-state index contributed by atoms with van der Waals surface area (Å²) in [5.74, 6) is 0.596. The number of halogens is 1. The lowest BCUT2D eigenvalue weighted by Crippen LogP contribution is -2.52. The molecule has 2 heterocycles. The highest BCUT2D eigenvalue weighted by Crippen LogP contribution is 2.22. The lowest BCUT2D eigenvalue weighted by atomic mass is 9.92. The molecule has 5 heteroatoms. The number of anilines is 1. The second kappa shape index (κ2) is 8.02. The summed E-state index contributed by atoms with van der Waals surface area (Å²) in [6, 6.07) is 9.10. The molecule has 0 aromatic heterocycles. The number of hydrogen-bond donors (Lipinski definition) is 1. The number of amides is 1. The van der Waals surface area contributed by atoms with Crippen LogP contribution in [-0.4, -0.2) is 49.6 Å². The van der Waals surface area contributed by atoms with E-state index in [9.17, 15) is 4.79 Å². The zero-order chi connectivity index (χ0) is 15.5. The van der Waals surface area contributed by atoms with Crippen LogP contribution in [0, 0.1) is 12.8 Å². The molecule has 1 aromatic carbocycles. The van der Waals surface area contributed by atoms with Crippen LogP contribution >= 0.6 is 12.4 Å². The second-order valence-corrected chi connectivity index (χ2v) is 6.73. The number of hydrogen-bond acceptors (Lipinski definition) is 3. The molecule has 3 rings (SSSR count). The maximum atomic E-state index is 12.7.